The molecule has 0 aliphatic heterocycles. The quantitative estimate of drug-likeness (QED) is 0.680. The monoisotopic (exact) mass is 269 g/mol. The highest BCUT2D eigenvalue weighted by Gasteiger charge is 2.11. The van der Waals surface area contributed by atoms with E-state index in [1.165, 1.54) is 0 Å². The Morgan fingerprint density at radius 1 is 1.00 bits per heavy atom. The van der Waals surface area contributed by atoms with E-state index in [0.717, 1.165) is 27.9 Å². The SMILES string of the molecule is COc1ccccc1-c1nc2ccccc2cc1Cl. The van der Waals surface area contributed by atoms with Crippen LogP contribution in [0.5, 0.6) is 5.75 Å². The molecule has 0 aliphatic rings. The van der Waals surface area contributed by atoms with Crippen LogP contribution in [-0.2, 0) is 0 Å². The average molecular weight is 270 g/mol. The Bertz CT molecular complexity index is 740. The number of pyridine rings is 1. The Morgan fingerprint density at radius 3 is 2.58 bits per heavy atom. The lowest BCUT2D eigenvalue weighted by atomic mass is 10.1. The number of ether oxygens (including phenoxy) is 1. The minimum Gasteiger partial charge on any atom is -0.496 e. The van der Waals surface area contributed by atoms with E-state index in [4.69, 9.17) is 16.3 Å². The Kier molecular flexibility index (Phi) is 3.10. The zero-order valence-electron chi connectivity index (χ0n) is 10.4. The molecule has 1 heterocycles. The summed E-state index contributed by atoms with van der Waals surface area (Å²) in [5.74, 6) is 0.771. The Morgan fingerprint density at radius 2 is 1.74 bits per heavy atom. The van der Waals surface area contributed by atoms with Gasteiger partial charge in [-0.2, -0.15) is 0 Å². The molecule has 0 atom stereocenters. The maximum Gasteiger partial charge on any atom is 0.128 e. The molecule has 0 fully saturated rings. The fraction of sp³-hybridized carbons (Fsp3) is 0.0625. The van der Waals surface area contributed by atoms with Gasteiger partial charge in [0, 0.05) is 10.9 Å². The summed E-state index contributed by atoms with van der Waals surface area (Å²) >= 11 is 6.35. The molecule has 0 saturated carbocycles. The van der Waals surface area contributed by atoms with Crippen molar-refractivity contribution in [3.63, 3.8) is 0 Å². The van der Waals surface area contributed by atoms with Crippen molar-refractivity contribution < 1.29 is 4.74 Å². The van der Waals surface area contributed by atoms with Crippen LogP contribution in [0.3, 0.4) is 0 Å². The van der Waals surface area contributed by atoms with Gasteiger partial charge in [0.15, 0.2) is 0 Å². The minimum absolute atomic E-state index is 0.628. The van der Waals surface area contributed by atoms with E-state index in [0.29, 0.717) is 5.02 Å². The van der Waals surface area contributed by atoms with Gasteiger partial charge in [-0.25, -0.2) is 4.98 Å². The molecular formula is C16H12ClNO. The molecule has 0 amide bonds. The molecule has 0 aliphatic carbocycles. The smallest absolute Gasteiger partial charge is 0.128 e. The fourth-order valence-corrected chi connectivity index (χ4v) is 2.38. The van der Waals surface area contributed by atoms with Crippen LogP contribution < -0.4 is 4.74 Å². The predicted octanol–water partition coefficient (Wildman–Crippen LogP) is 4.56. The number of benzene rings is 2. The molecule has 0 bridgehead atoms. The molecule has 3 aromatic rings. The summed E-state index contributed by atoms with van der Waals surface area (Å²) in [5, 5.41) is 1.66. The number of para-hydroxylation sites is 2. The molecule has 0 spiro atoms. The molecule has 19 heavy (non-hydrogen) atoms. The van der Waals surface area contributed by atoms with Gasteiger partial charge in [0.1, 0.15) is 5.75 Å². The van der Waals surface area contributed by atoms with Crippen molar-refractivity contribution in [3.8, 4) is 17.0 Å². The first kappa shape index (κ1) is 12.0. The third-order valence-corrected chi connectivity index (χ3v) is 3.33. The predicted molar refractivity (Wildman–Crippen MR) is 78.7 cm³/mol. The summed E-state index contributed by atoms with van der Waals surface area (Å²) in [4.78, 5) is 4.64. The Labute approximate surface area is 116 Å². The fourth-order valence-electron chi connectivity index (χ4n) is 2.12. The molecule has 3 heteroatoms. The summed E-state index contributed by atoms with van der Waals surface area (Å²) < 4.78 is 5.37. The molecule has 94 valence electrons. The molecule has 2 nitrogen and oxygen atoms in total. The lowest BCUT2D eigenvalue weighted by molar-refractivity contribution is 0.416. The lowest BCUT2D eigenvalue weighted by Gasteiger charge is -2.10. The third-order valence-electron chi connectivity index (χ3n) is 3.04. The highest BCUT2D eigenvalue weighted by Crippen LogP contribution is 2.34. The number of fused-ring (bicyclic) bond motifs is 1. The highest BCUT2D eigenvalue weighted by molar-refractivity contribution is 6.33. The van der Waals surface area contributed by atoms with Gasteiger partial charge < -0.3 is 4.74 Å². The van der Waals surface area contributed by atoms with Gasteiger partial charge in [0.2, 0.25) is 0 Å². The molecule has 2 aromatic carbocycles. The summed E-state index contributed by atoms with van der Waals surface area (Å²) in [7, 11) is 1.65. The number of halogens is 1. The van der Waals surface area contributed by atoms with Gasteiger partial charge in [0.25, 0.3) is 0 Å². The number of hydrogen-bond donors (Lipinski definition) is 0. The van der Waals surface area contributed by atoms with Crippen molar-refractivity contribution in [2.24, 2.45) is 0 Å². The largest absolute Gasteiger partial charge is 0.496 e. The highest BCUT2D eigenvalue weighted by atomic mass is 35.5. The van der Waals surface area contributed by atoms with Crippen molar-refractivity contribution in [1.29, 1.82) is 0 Å². The minimum atomic E-state index is 0.628. The first-order valence-corrected chi connectivity index (χ1v) is 6.36. The molecule has 1 aromatic heterocycles. The normalized spacial score (nSPS) is 10.6. The number of nitrogens with zero attached hydrogens (tertiary/aromatic N) is 1. The van der Waals surface area contributed by atoms with Crippen molar-refractivity contribution in [2.45, 2.75) is 0 Å². The van der Waals surface area contributed by atoms with Gasteiger partial charge in [-0.1, -0.05) is 41.9 Å². The van der Waals surface area contributed by atoms with E-state index < -0.39 is 0 Å². The van der Waals surface area contributed by atoms with Gasteiger partial charge >= 0.3 is 0 Å². The summed E-state index contributed by atoms with van der Waals surface area (Å²) in [6, 6.07) is 17.6. The van der Waals surface area contributed by atoms with Crippen LogP contribution in [0.15, 0.2) is 54.6 Å². The maximum atomic E-state index is 6.35. The van der Waals surface area contributed by atoms with E-state index in [1.54, 1.807) is 7.11 Å². The topological polar surface area (TPSA) is 22.1 Å². The summed E-state index contributed by atoms with van der Waals surface area (Å²) in [6.07, 6.45) is 0. The van der Waals surface area contributed by atoms with Crippen LogP contribution in [0.25, 0.3) is 22.2 Å². The first-order valence-electron chi connectivity index (χ1n) is 5.98. The summed E-state index contributed by atoms with van der Waals surface area (Å²) in [6.45, 7) is 0. The maximum absolute atomic E-state index is 6.35. The summed E-state index contributed by atoms with van der Waals surface area (Å²) in [5.41, 5.74) is 2.58. The zero-order valence-corrected chi connectivity index (χ0v) is 11.2. The third kappa shape index (κ3) is 2.15. The van der Waals surface area contributed by atoms with Gasteiger partial charge in [-0.05, 0) is 24.3 Å². The van der Waals surface area contributed by atoms with Crippen LogP contribution >= 0.6 is 11.6 Å². The number of rotatable bonds is 2. The number of hydrogen-bond acceptors (Lipinski definition) is 2. The second-order valence-corrected chi connectivity index (χ2v) is 4.62. The van der Waals surface area contributed by atoms with Crippen LogP contribution in [0.2, 0.25) is 5.02 Å². The average Bonchev–Trinajstić information content (AvgIpc) is 2.46. The molecule has 0 unspecified atom stereocenters. The van der Waals surface area contributed by atoms with Crippen molar-refractivity contribution in [3.05, 3.63) is 59.6 Å². The van der Waals surface area contributed by atoms with Crippen molar-refractivity contribution in [1.82, 2.24) is 4.98 Å². The molecule has 3 rings (SSSR count). The number of aromatic nitrogens is 1. The second kappa shape index (κ2) is 4.90. The second-order valence-electron chi connectivity index (χ2n) is 4.21. The molecule has 0 saturated heterocycles. The van der Waals surface area contributed by atoms with Crippen LogP contribution in [0, 0.1) is 0 Å². The Balaban J connectivity index is 2.27. The number of methoxy groups -OCH3 is 1. The van der Waals surface area contributed by atoms with Gasteiger partial charge in [-0.3, -0.25) is 0 Å². The van der Waals surface area contributed by atoms with E-state index >= 15 is 0 Å². The van der Waals surface area contributed by atoms with Crippen LogP contribution in [-0.4, -0.2) is 12.1 Å². The molecular weight excluding hydrogens is 258 g/mol. The first-order chi connectivity index (χ1) is 9.29. The van der Waals surface area contributed by atoms with Crippen LogP contribution in [0.4, 0.5) is 0 Å². The zero-order chi connectivity index (χ0) is 13.2. The standard InChI is InChI=1S/C16H12ClNO/c1-19-15-9-5-3-7-12(15)16-13(17)10-11-6-2-4-8-14(11)18-16/h2-10H,1H3. The molecule has 0 N–H and O–H groups in total. The van der Waals surface area contributed by atoms with Crippen LogP contribution in [0.1, 0.15) is 0 Å². The van der Waals surface area contributed by atoms with Gasteiger partial charge in [-0.15, -0.1) is 0 Å². The van der Waals surface area contributed by atoms with Gasteiger partial charge in [0.05, 0.1) is 23.3 Å². The Hall–Kier alpha value is -2.06. The van der Waals surface area contributed by atoms with Crippen molar-refractivity contribution >= 4 is 22.5 Å². The molecule has 0 radical (unpaired) electrons. The van der Waals surface area contributed by atoms with E-state index in [2.05, 4.69) is 4.98 Å². The van der Waals surface area contributed by atoms with Crippen molar-refractivity contribution in [2.75, 3.05) is 7.11 Å². The van der Waals surface area contributed by atoms with E-state index in [-0.39, 0.29) is 0 Å². The lowest BCUT2D eigenvalue weighted by Crippen LogP contribution is -1.91. The van der Waals surface area contributed by atoms with E-state index in [1.807, 2.05) is 54.6 Å². The van der Waals surface area contributed by atoms with E-state index in [9.17, 15) is 0 Å².